The Hall–Kier alpha value is -2.95. The van der Waals surface area contributed by atoms with Crippen molar-refractivity contribution in [1.29, 1.82) is 0 Å². The Kier molecular flexibility index (Phi) is 4.25. The van der Waals surface area contributed by atoms with E-state index in [0.717, 1.165) is 17.0 Å². The summed E-state index contributed by atoms with van der Waals surface area (Å²) in [6, 6.07) is 15.1. The molecule has 3 rings (SSSR count). The number of nitrogens with zero attached hydrogens (tertiary/aromatic N) is 3. The molecular formula is C17H14N3O2. The van der Waals surface area contributed by atoms with E-state index in [1.165, 1.54) is 6.39 Å². The molecule has 2 aromatic heterocycles. The molecule has 0 atom stereocenters. The summed E-state index contributed by atoms with van der Waals surface area (Å²) in [6.07, 6.45) is 4.16. The number of oxime groups is 1. The molecular weight excluding hydrogens is 278 g/mol. The predicted octanol–water partition coefficient (Wildman–Crippen LogP) is 3.15. The van der Waals surface area contributed by atoms with Crippen LogP contribution >= 0.6 is 0 Å². The SMILES string of the molecule is Cc1ncoc1C(=NOCc1ccc[c]n1)c1ccccc1. The van der Waals surface area contributed by atoms with Gasteiger partial charge < -0.3 is 9.25 Å². The molecule has 1 aromatic carbocycles. The molecule has 0 N–H and O–H groups in total. The normalized spacial score (nSPS) is 11.4. The van der Waals surface area contributed by atoms with E-state index >= 15 is 0 Å². The Bertz CT molecular complexity index is 752. The first kappa shape index (κ1) is 14.0. The Morgan fingerprint density at radius 2 is 2.09 bits per heavy atom. The highest BCUT2D eigenvalue weighted by atomic mass is 16.6. The van der Waals surface area contributed by atoms with E-state index in [2.05, 4.69) is 21.3 Å². The lowest BCUT2D eigenvalue weighted by atomic mass is 10.1. The van der Waals surface area contributed by atoms with Crippen molar-refractivity contribution in [3.63, 3.8) is 0 Å². The number of aromatic nitrogens is 2. The van der Waals surface area contributed by atoms with Gasteiger partial charge in [0.1, 0.15) is 0 Å². The van der Waals surface area contributed by atoms with Crippen molar-refractivity contribution in [1.82, 2.24) is 9.97 Å². The van der Waals surface area contributed by atoms with E-state index in [1.54, 1.807) is 6.07 Å². The van der Waals surface area contributed by atoms with Crippen LogP contribution in [-0.2, 0) is 11.4 Å². The number of oxazole rings is 1. The van der Waals surface area contributed by atoms with Gasteiger partial charge in [0.15, 0.2) is 24.5 Å². The fraction of sp³-hybridized carbons (Fsp3) is 0.118. The maximum absolute atomic E-state index is 5.44. The van der Waals surface area contributed by atoms with Crippen LogP contribution in [-0.4, -0.2) is 15.7 Å². The first-order valence-electron chi connectivity index (χ1n) is 6.82. The zero-order chi connectivity index (χ0) is 15.2. The summed E-state index contributed by atoms with van der Waals surface area (Å²) in [6.45, 7) is 2.13. The van der Waals surface area contributed by atoms with Crippen molar-refractivity contribution in [2.75, 3.05) is 0 Å². The van der Waals surface area contributed by atoms with Crippen molar-refractivity contribution >= 4 is 5.71 Å². The summed E-state index contributed by atoms with van der Waals surface area (Å²) in [4.78, 5) is 13.6. The van der Waals surface area contributed by atoms with E-state index in [1.807, 2.05) is 49.4 Å². The van der Waals surface area contributed by atoms with Gasteiger partial charge in [-0.3, -0.25) is 0 Å². The van der Waals surface area contributed by atoms with Crippen molar-refractivity contribution in [3.05, 3.63) is 83.8 Å². The third kappa shape index (κ3) is 3.20. The minimum atomic E-state index is 0.265. The van der Waals surface area contributed by atoms with Crippen LogP contribution in [0.4, 0.5) is 0 Å². The quantitative estimate of drug-likeness (QED) is 0.535. The maximum Gasteiger partial charge on any atom is 0.181 e. The second-order valence-corrected chi connectivity index (χ2v) is 4.60. The monoisotopic (exact) mass is 292 g/mol. The van der Waals surface area contributed by atoms with Gasteiger partial charge in [0.2, 0.25) is 0 Å². The molecule has 5 nitrogen and oxygen atoms in total. The van der Waals surface area contributed by atoms with Gasteiger partial charge in [-0.1, -0.05) is 41.6 Å². The standard InChI is InChI=1S/C17H14N3O2/c1-13-17(21-12-19-13)16(14-7-3-2-4-8-14)20-22-11-15-9-5-6-10-18-15/h2-9,12H,11H2,1H3. The zero-order valence-corrected chi connectivity index (χ0v) is 12.1. The number of benzene rings is 1. The van der Waals surface area contributed by atoms with Gasteiger partial charge in [-0.05, 0) is 19.1 Å². The molecule has 109 valence electrons. The van der Waals surface area contributed by atoms with Gasteiger partial charge in [-0.15, -0.1) is 0 Å². The second-order valence-electron chi connectivity index (χ2n) is 4.60. The first-order valence-corrected chi connectivity index (χ1v) is 6.82. The molecule has 0 saturated heterocycles. The van der Waals surface area contributed by atoms with E-state index in [9.17, 15) is 0 Å². The third-order valence-electron chi connectivity index (χ3n) is 3.04. The van der Waals surface area contributed by atoms with Crippen LogP contribution in [0, 0.1) is 13.1 Å². The summed E-state index contributed by atoms with van der Waals surface area (Å²) in [5.41, 5.74) is 3.02. The summed E-state index contributed by atoms with van der Waals surface area (Å²) >= 11 is 0. The molecule has 0 amide bonds. The highest BCUT2D eigenvalue weighted by molar-refractivity contribution is 6.11. The van der Waals surface area contributed by atoms with Crippen LogP contribution < -0.4 is 0 Å². The third-order valence-corrected chi connectivity index (χ3v) is 3.04. The van der Waals surface area contributed by atoms with Crippen molar-refractivity contribution < 1.29 is 9.25 Å². The minimum absolute atomic E-state index is 0.265. The van der Waals surface area contributed by atoms with Gasteiger partial charge in [-0.25, -0.2) is 9.97 Å². The van der Waals surface area contributed by atoms with E-state index in [0.29, 0.717) is 11.5 Å². The predicted molar refractivity (Wildman–Crippen MR) is 81.2 cm³/mol. The van der Waals surface area contributed by atoms with Crippen molar-refractivity contribution in [3.8, 4) is 0 Å². The Morgan fingerprint density at radius 1 is 1.23 bits per heavy atom. The molecule has 5 heteroatoms. The number of rotatable bonds is 5. The molecule has 0 bridgehead atoms. The molecule has 0 aliphatic carbocycles. The summed E-state index contributed by atoms with van der Waals surface area (Å²) < 4.78 is 5.44. The van der Waals surface area contributed by atoms with Gasteiger partial charge in [0, 0.05) is 5.56 Å². The van der Waals surface area contributed by atoms with E-state index < -0.39 is 0 Å². The second kappa shape index (κ2) is 6.67. The van der Waals surface area contributed by atoms with Gasteiger partial charge in [-0.2, -0.15) is 0 Å². The Labute approximate surface area is 128 Å². The van der Waals surface area contributed by atoms with Crippen LogP contribution in [0.15, 0.2) is 64.5 Å². The van der Waals surface area contributed by atoms with Crippen molar-refractivity contribution in [2.45, 2.75) is 13.5 Å². The van der Waals surface area contributed by atoms with Crippen LogP contribution in [0.25, 0.3) is 0 Å². The number of hydrogen-bond donors (Lipinski definition) is 0. The molecule has 0 aliphatic heterocycles. The number of pyridine rings is 1. The Morgan fingerprint density at radius 3 is 2.77 bits per heavy atom. The van der Waals surface area contributed by atoms with Crippen molar-refractivity contribution in [2.24, 2.45) is 5.16 Å². The van der Waals surface area contributed by atoms with Crippen LogP contribution in [0.3, 0.4) is 0 Å². The average molecular weight is 292 g/mol. The molecule has 2 heterocycles. The molecule has 0 saturated carbocycles. The topological polar surface area (TPSA) is 60.5 Å². The van der Waals surface area contributed by atoms with E-state index in [4.69, 9.17) is 9.25 Å². The molecule has 22 heavy (non-hydrogen) atoms. The van der Waals surface area contributed by atoms with Crippen LogP contribution in [0.1, 0.15) is 22.7 Å². The molecule has 0 fully saturated rings. The summed E-state index contributed by atoms with van der Waals surface area (Å²) in [5, 5.41) is 4.22. The molecule has 0 unspecified atom stereocenters. The summed E-state index contributed by atoms with van der Waals surface area (Å²) in [7, 11) is 0. The average Bonchev–Trinajstić information content (AvgIpc) is 2.99. The lowest BCUT2D eigenvalue weighted by molar-refractivity contribution is 0.127. The highest BCUT2D eigenvalue weighted by Gasteiger charge is 2.15. The van der Waals surface area contributed by atoms with Gasteiger partial charge in [0.05, 0.1) is 17.6 Å². The summed E-state index contributed by atoms with van der Waals surface area (Å²) in [5.74, 6) is 0.596. The highest BCUT2D eigenvalue weighted by Crippen LogP contribution is 2.14. The fourth-order valence-corrected chi connectivity index (χ4v) is 1.95. The van der Waals surface area contributed by atoms with E-state index in [-0.39, 0.29) is 6.61 Å². The fourth-order valence-electron chi connectivity index (χ4n) is 1.95. The lowest BCUT2D eigenvalue weighted by Crippen LogP contribution is -2.05. The number of hydrogen-bond acceptors (Lipinski definition) is 5. The first-order chi connectivity index (χ1) is 10.8. The zero-order valence-electron chi connectivity index (χ0n) is 12.1. The van der Waals surface area contributed by atoms with Gasteiger partial charge >= 0.3 is 0 Å². The van der Waals surface area contributed by atoms with Gasteiger partial charge in [0.25, 0.3) is 0 Å². The Balaban J connectivity index is 1.86. The number of aryl methyl sites for hydroxylation is 1. The molecule has 0 spiro atoms. The minimum Gasteiger partial charge on any atom is -0.441 e. The molecule has 1 radical (unpaired) electrons. The van der Waals surface area contributed by atoms with Crippen LogP contribution in [0.2, 0.25) is 0 Å². The lowest BCUT2D eigenvalue weighted by Gasteiger charge is -2.05. The maximum atomic E-state index is 5.44. The largest absolute Gasteiger partial charge is 0.441 e. The molecule has 3 aromatic rings. The van der Waals surface area contributed by atoms with Crippen LogP contribution in [0.5, 0.6) is 0 Å². The smallest absolute Gasteiger partial charge is 0.181 e. The molecule has 0 aliphatic rings.